The summed E-state index contributed by atoms with van der Waals surface area (Å²) in [5.74, 6) is 0.418. The van der Waals surface area contributed by atoms with E-state index in [1.165, 1.54) is 12.1 Å². The summed E-state index contributed by atoms with van der Waals surface area (Å²) >= 11 is 0. The first-order chi connectivity index (χ1) is 12.7. The minimum Gasteiger partial charge on any atom is -0.303 e. The zero-order valence-corrected chi connectivity index (χ0v) is 14.3. The number of hydrogen-bond acceptors (Lipinski definition) is 4. The lowest BCUT2D eigenvalue weighted by molar-refractivity contribution is 0.257. The van der Waals surface area contributed by atoms with E-state index in [4.69, 9.17) is 0 Å². The standard InChI is InChI=1S/C20H18FN5/c1-25(14-17-13-24-18-5-2-3-12-26(17)18)19(20-22-10-4-11-23-20)15-6-8-16(21)9-7-15/h2-13,19H,14H2,1H3/t19-/m0/s1. The summed E-state index contributed by atoms with van der Waals surface area (Å²) in [7, 11) is 2.01. The lowest BCUT2D eigenvalue weighted by Crippen LogP contribution is -2.27. The molecule has 130 valence electrons. The summed E-state index contributed by atoms with van der Waals surface area (Å²) in [6, 6.07) is 14.0. The number of halogens is 1. The van der Waals surface area contributed by atoms with E-state index in [-0.39, 0.29) is 11.9 Å². The van der Waals surface area contributed by atoms with Crippen LogP contribution in [0.25, 0.3) is 5.65 Å². The quantitative estimate of drug-likeness (QED) is 0.554. The molecule has 6 heteroatoms. The minimum absolute atomic E-state index is 0.189. The molecule has 4 aromatic rings. The Kier molecular flexibility index (Phi) is 4.41. The van der Waals surface area contributed by atoms with Crippen molar-refractivity contribution in [2.24, 2.45) is 0 Å². The lowest BCUT2D eigenvalue weighted by Gasteiger charge is -2.27. The fourth-order valence-corrected chi connectivity index (χ4v) is 3.15. The van der Waals surface area contributed by atoms with Crippen molar-refractivity contribution in [2.45, 2.75) is 12.6 Å². The third-order valence-electron chi connectivity index (χ3n) is 4.36. The number of imidazole rings is 1. The van der Waals surface area contributed by atoms with E-state index in [1.54, 1.807) is 30.6 Å². The average Bonchev–Trinajstić information content (AvgIpc) is 3.07. The van der Waals surface area contributed by atoms with Crippen LogP contribution in [-0.4, -0.2) is 31.3 Å². The van der Waals surface area contributed by atoms with Crippen molar-refractivity contribution in [3.8, 4) is 0 Å². The van der Waals surface area contributed by atoms with Crippen molar-refractivity contribution < 1.29 is 4.39 Å². The Morgan fingerprint density at radius 1 is 1.00 bits per heavy atom. The summed E-state index contributed by atoms with van der Waals surface area (Å²) in [6.07, 6.45) is 7.32. The number of benzene rings is 1. The third-order valence-corrected chi connectivity index (χ3v) is 4.36. The molecule has 5 nitrogen and oxygen atoms in total. The second-order valence-electron chi connectivity index (χ2n) is 6.15. The molecule has 3 aromatic heterocycles. The van der Waals surface area contributed by atoms with Crippen LogP contribution < -0.4 is 0 Å². The second-order valence-corrected chi connectivity index (χ2v) is 6.15. The summed E-state index contributed by atoms with van der Waals surface area (Å²) in [6.45, 7) is 0.644. The SMILES string of the molecule is CN(Cc1cnc2ccccn12)[C@@H](c1ccc(F)cc1)c1ncccn1. The van der Waals surface area contributed by atoms with E-state index in [2.05, 4.69) is 24.3 Å². The number of hydrogen-bond donors (Lipinski definition) is 0. The van der Waals surface area contributed by atoms with Gasteiger partial charge in [0.1, 0.15) is 17.3 Å². The lowest BCUT2D eigenvalue weighted by atomic mass is 10.0. The molecule has 0 bridgehead atoms. The number of aromatic nitrogens is 4. The molecule has 0 N–H and O–H groups in total. The molecule has 4 rings (SSSR count). The monoisotopic (exact) mass is 347 g/mol. The Morgan fingerprint density at radius 2 is 1.77 bits per heavy atom. The van der Waals surface area contributed by atoms with Crippen LogP contribution >= 0.6 is 0 Å². The first-order valence-corrected chi connectivity index (χ1v) is 8.36. The Bertz CT molecular complexity index is 998. The van der Waals surface area contributed by atoms with E-state index in [1.807, 2.05) is 37.6 Å². The molecule has 3 heterocycles. The van der Waals surface area contributed by atoms with Crippen LogP contribution in [0.2, 0.25) is 0 Å². The van der Waals surface area contributed by atoms with E-state index >= 15 is 0 Å². The van der Waals surface area contributed by atoms with E-state index in [9.17, 15) is 4.39 Å². The van der Waals surface area contributed by atoms with Gasteiger partial charge in [-0.05, 0) is 42.9 Å². The van der Waals surface area contributed by atoms with Gasteiger partial charge in [-0.3, -0.25) is 4.90 Å². The molecule has 1 aromatic carbocycles. The molecule has 0 saturated carbocycles. The Morgan fingerprint density at radius 3 is 2.54 bits per heavy atom. The molecular formula is C20H18FN5. The van der Waals surface area contributed by atoms with Gasteiger partial charge in [0.05, 0.1) is 17.9 Å². The van der Waals surface area contributed by atoms with Crippen LogP contribution in [0.3, 0.4) is 0 Å². The molecule has 26 heavy (non-hydrogen) atoms. The van der Waals surface area contributed by atoms with Crippen molar-refractivity contribution in [1.29, 1.82) is 0 Å². The van der Waals surface area contributed by atoms with Crippen molar-refractivity contribution in [2.75, 3.05) is 7.05 Å². The average molecular weight is 347 g/mol. The Hall–Kier alpha value is -3.12. The molecule has 0 aliphatic rings. The maximum atomic E-state index is 13.4. The number of rotatable bonds is 5. The molecule has 0 fully saturated rings. The highest BCUT2D eigenvalue weighted by atomic mass is 19.1. The predicted octanol–water partition coefficient (Wildman–Crippen LogP) is 3.48. The van der Waals surface area contributed by atoms with Crippen LogP contribution in [-0.2, 0) is 6.54 Å². The minimum atomic E-state index is -0.258. The summed E-state index contributed by atoms with van der Waals surface area (Å²) in [5.41, 5.74) is 2.91. The van der Waals surface area contributed by atoms with Crippen LogP contribution in [0, 0.1) is 5.82 Å². The summed E-state index contributed by atoms with van der Waals surface area (Å²) in [4.78, 5) is 15.4. The molecule has 0 unspecified atom stereocenters. The van der Waals surface area contributed by atoms with Crippen molar-refractivity contribution in [3.05, 3.63) is 96.2 Å². The zero-order valence-electron chi connectivity index (χ0n) is 14.3. The van der Waals surface area contributed by atoms with Crippen molar-refractivity contribution >= 4 is 5.65 Å². The molecular weight excluding hydrogens is 329 g/mol. The molecule has 0 radical (unpaired) electrons. The van der Waals surface area contributed by atoms with Crippen molar-refractivity contribution in [3.63, 3.8) is 0 Å². The highest BCUT2D eigenvalue weighted by Crippen LogP contribution is 2.26. The Labute approximate surface area is 150 Å². The third kappa shape index (κ3) is 3.19. The number of fused-ring (bicyclic) bond motifs is 1. The number of pyridine rings is 1. The van der Waals surface area contributed by atoms with Crippen LogP contribution in [0.5, 0.6) is 0 Å². The van der Waals surface area contributed by atoms with Gasteiger partial charge in [-0.1, -0.05) is 18.2 Å². The van der Waals surface area contributed by atoms with Crippen molar-refractivity contribution in [1.82, 2.24) is 24.3 Å². The van der Waals surface area contributed by atoms with E-state index in [0.29, 0.717) is 12.4 Å². The van der Waals surface area contributed by atoms with Gasteiger partial charge in [0.25, 0.3) is 0 Å². The van der Waals surface area contributed by atoms with Gasteiger partial charge in [0.15, 0.2) is 0 Å². The van der Waals surface area contributed by atoms with Gasteiger partial charge < -0.3 is 4.40 Å². The highest BCUT2D eigenvalue weighted by Gasteiger charge is 2.23. The molecule has 1 atom stereocenters. The van der Waals surface area contributed by atoms with Crippen LogP contribution in [0.4, 0.5) is 4.39 Å². The molecule has 0 saturated heterocycles. The highest BCUT2D eigenvalue weighted by molar-refractivity contribution is 5.39. The zero-order chi connectivity index (χ0) is 17.9. The van der Waals surface area contributed by atoms with E-state index < -0.39 is 0 Å². The fourth-order valence-electron chi connectivity index (χ4n) is 3.15. The van der Waals surface area contributed by atoms with Gasteiger partial charge >= 0.3 is 0 Å². The van der Waals surface area contributed by atoms with Gasteiger partial charge in [0, 0.05) is 25.1 Å². The van der Waals surface area contributed by atoms with Gasteiger partial charge in [-0.25, -0.2) is 19.3 Å². The smallest absolute Gasteiger partial charge is 0.149 e. The fraction of sp³-hybridized carbons (Fsp3) is 0.150. The maximum Gasteiger partial charge on any atom is 0.149 e. The largest absolute Gasteiger partial charge is 0.303 e. The van der Waals surface area contributed by atoms with Gasteiger partial charge in [-0.15, -0.1) is 0 Å². The second kappa shape index (κ2) is 7.01. The molecule has 0 aliphatic carbocycles. The van der Waals surface area contributed by atoms with Crippen LogP contribution in [0.15, 0.2) is 73.3 Å². The predicted molar refractivity (Wildman–Crippen MR) is 96.9 cm³/mol. The Balaban J connectivity index is 1.70. The topological polar surface area (TPSA) is 46.3 Å². The van der Waals surface area contributed by atoms with Gasteiger partial charge in [-0.2, -0.15) is 0 Å². The van der Waals surface area contributed by atoms with Gasteiger partial charge in [0.2, 0.25) is 0 Å². The normalized spacial score (nSPS) is 12.6. The first-order valence-electron chi connectivity index (χ1n) is 8.36. The van der Waals surface area contributed by atoms with E-state index in [0.717, 1.165) is 16.9 Å². The summed E-state index contributed by atoms with van der Waals surface area (Å²) in [5, 5.41) is 0. The molecule has 0 amide bonds. The first kappa shape index (κ1) is 16.4. The van der Waals surface area contributed by atoms with Crippen LogP contribution in [0.1, 0.15) is 23.1 Å². The summed E-state index contributed by atoms with van der Waals surface area (Å²) < 4.78 is 15.4. The molecule has 0 aliphatic heterocycles. The number of nitrogens with zero attached hydrogens (tertiary/aromatic N) is 5. The molecule has 0 spiro atoms. The maximum absolute atomic E-state index is 13.4.